The van der Waals surface area contributed by atoms with Crippen LogP contribution in [0, 0.1) is 0 Å². The molecule has 2 nitrogen and oxygen atoms in total. The van der Waals surface area contributed by atoms with Crippen molar-refractivity contribution in [3.8, 4) is 0 Å². The second kappa shape index (κ2) is 16.0. The molecule has 0 heterocycles. The van der Waals surface area contributed by atoms with Crippen molar-refractivity contribution in [2.45, 2.75) is 22.5 Å². The Balaban J connectivity index is 1.71. The number of alkyl halides is 4. The maximum absolute atomic E-state index is 15.7. The molecule has 6 rings (SSSR count). The van der Waals surface area contributed by atoms with E-state index in [1.807, 2.05) is 0 Å². The van der Waals surface area contributed by atoms with Crippen molar-refractivity contribution in [2.75, 3.05) is 0 Å². The first-order valence-corrected chi connectivity index (χ1v) is 23.4. The number of hydrogen-bond donors (Lipinski definition) is 0. The van der Waals surface area contributed by atoms with Gasteiger partial charge in [-0.05, 0) is 0 Å². The van der Waals surface area contributed by atoms with Gasteiger partial charge < -0.3 is 0 Å². The zero-order valence-corrected chi connectivity index (χ0v) is 30.9. The van der Waals surface area contributed by atoms with Crippen LogP contribution in [0.4, 0.5) is 17.6 Å². The summed E-state index contributed by atoms with van der Waals surface area (Å²) in [5.74, 6) is 2.43. The van der Waals surface area contributed by atoms with Crippen LogP contribution in [-0.2, 0) is 7.67 Å². The van der Waals surface area contributed by atoms with Crippen LogP contribution < -0.4 is 31.8 Å². The van der Waals surface area contributed by atoms with E-state index in [1.54, 1.807) is 182 Å². The molecule has 0 aliphatic rings. The van der Waals surface area contributed by atoms with Gasteiger partial charge >= 0.3 is 300 Å². The molecule has 2 atom stereocenters. The molecule has 0 radical (unpaired) electrons. The van der Waals surface area contributed by atoms with Crippen molar-refractivity contribution in [3.05, 3.63) is 182 Å². The van der Waals surface area contributed by atoms with Crippen molar-refractivity contribution in [2.24, 2.45) is 0 Å². The van der Waals surface area contributed by atoms with Crippen molar-refractivity contribution in [1.29, 1.82) is 0 Å². The van der Waals surface area contributed by atoms with Gasteiger partial charge in [0.1, 0.15) is 0 Å². The van der Waals surface area contributed by atoms with Gasteiger partial charge in [-0.25, -0.2) is 0 Å². The second-order valence-electron chi connectivity index (χ2n) is 11.9. The van der Waals surface area contributed by atoms with Crippen LogP contribution in [0.2, 0.25) is 9.63 Å². The fraction of sp³-hybridized carbons (Fsp3) is 0.0952. The van der Waals surface area contributed by atoms with Gasteiger partial charge in [0.2, 0.25) is 0 Å². The molecule has 0 bridgehead atoms. The van der Waals surface area contributed by atoms with Gasteiger partial charge in [0, 0.05) is 0 Å². The summed E-state index contributed by atoms with van der Waals surface area (Å²) in [7, 11) is 0. The zero-order chi connectivity index (χ0) is 35.9. The maximum atomic E-state index is 15.7. The van der Waals surface area contributed by atoms with E-state index in [0.717, 1.165) is 0 Å². The molecule has 260 valence electrons. The van der Waals surface area contributed by atoms with E-state index >= 15 is 17.6 Å². The van der Waals surface area contributed by atoms with E-state index in [4.69, 9.17) is 0 Å². The third-order valence-electron chi connectivity index (χ3n) is 8.98. The summed E-state index contributed by atoms with van der Waals surface area (Å²) in [6.45, 7) is -6.54. The number of hydrogen-bond acceptors (Lipinski definition) is 2. The van der Waals surface area contributed by atoms with Crippen LogP contribution in [0.15, 0.2) is 182 Å². The molecule has 0 saturated carbocycles. The fourth-order valence-electron chi connectivity index (χ4n) is 6.60. The Morgan fingerprint density at radius 2 is 0.529 bits per heavy atom. The van der Waals surface area contributed by atoms with Crippen LogP contribution >= 0.6 is 13.8 Å². The van der Waals surface area contributed by atoms with Gasteiger partial charge in [0.25, 0.3) is 0 Å². The molecule has 0 amide bonds. The first kappa shape index (κ1) is 36.5. The molecule has 0 N–H and O–H groups in total. The van der Waals surface area contributed by atoms with Gasteiger partial charge in [-0.15, -0.1) is 0 Å². The molecule has 51 heavy (non-hydrogen) atoms. The molecule has 0 spiro atoms. The molecule has 6 aromatic carbocycles. The van der Waals surface area contributed by atoms with Gasteiger partial charge in [-0.1, -0.05) is 0 Å². The third kappa shape index (κ3) is 7.27. The molecule has 2 unspecified atom stereocenters. The average molecular weight is 790 g/mol. The molecule has 9 heteroatoms. The quantitative estimate of drug-likeness (QED) is 0.0713. The average Bonchev–Trinajstić information content (AvgIpc) is 3.17. The minimum atomic E-state index is -6.42. The Morgan fingerprint density at radius 3 is 0.686 bits per heavy atom. The van der Waals surface area contributed by atoms with E-state index in [9.17, 15) is 7.67 Å². The summed E-state index contributed by atoms with van der Waals surface area (Å²) in [4.78, 5) is -4.93. The molecule has 0 aliphatic heterocycles. The normalized spacial score (nSPS) is 13.5. The van der Waals surface area contributed by atoms with Crippen LogP contribution in [0.25, 0.3) is 0 Å². The van der Waals surface area contributed by atoms with Gasteiger partial charge in [0.15, 0.2) is 0 Å². The monoisotopic (exact) mass is 790 g/mol. The first-order valence-electron chi connectivity index (χ1n) is 16.3. The van der Waals surface area contributed by atoms with E-state index in [2.05, 4.69) is 0 Å². The summed E-state index contributed by atoms with van der Waals surface area (Å²) < 4.78 is 92.6. The molecule has 6 aromatic rings. The third-order valence-corrected chi connectivity index (χ3v) is 22.7. The number of halogens is 4. The number of rotatable bonds is 12. The van der Waals surface area contributed by atoms with Crippen molar-refractivity contribution >= 4 is 69.9 Å². The summed E-state index contributed by atoms with van der Waals surface area (Å²) in [5.41, 5.74) is 0. The fourth-order valence-corrected chi connectivity index (χ4v) is 21.2. The first-order chi connectivity index (χ1) is 24.7. The van der Waals surface area contributed by atoms with Gasteiger partial charge in [0.05, 0.1) is 0 Å². The molecular weight excluding hydrogens is 753 g/mol. The molecule has 0 fully saturated rings. The Kier molecular flexibility index (Phi) is 11.4. The van der Waals surface area contributed by atoms with Gasteiger partial charge in [-0.3, -0.25) is 0 Å². The van der Waals surface area contributed by atoms with Crippen molar-refractivity contribution in [1.82, 2.24) is 0 Å². The Hall–Kier alpha value is -4.24. The van der Waals surface area contributed by atoms with E-state index in [-0.39, 0.29) is 0 Å². The number of benzene rings is 6. The molecule has 0 aromatic heterocycles. The predicted octanol–water partition coefficient (Wildman–Crippen LogP) is 8.15. The Morgan fingerprint density at radius 1 is 0.353 bits per heavy atom. The van der Waals surface area contributed by atoms with E-state index in [1.165, 1.54) is 11.6 Å². The summed E-state index contributed by atoms with van der Waals surface area (Å²) in [6, 6.07) is 53.6. The van der Waals surface area contributed by atoms with Crippen molar-refractivity contribution in [3.63, 3.8) is 0 Å². The van der Waals surface area contributed by atoms with Crippen LogP contribution in [-0.4, -0.2) is 37.2 Å². The zero-order valence-electron chi connectivity index (χ0n) is 27.4. The molecule has 0 saturated heterocycles. The van der Waals surface area contributed by atoms with Crippen molar-refractivity contribution < 1.29 is 25.2 Å². The van der Waals surface area contributed by atoms with Crippen LogP contribution in [0.1, 0.15) is 0 Å². The Bertz CT molecular complexity index is 1870. The van der Waals surface area contributed by atoms with E-state index < -0.39 is 49.0 Å². The standard InChI is InChI=1S/C42H36F4O2P2Se/c43-41(44)39(31-49(33-19-7-1-8-20-33,34-21-9-2-10-22-34)35-23-11-3-12-24-35)51(47,48)40(42(45)46)32-50(36-25-13-4-14-26-36,37-27-15-5-16-28-37)38-29-17-6-18-30-38/h1-32,39-42H. The van der Waals surface area contributed by atoms with Crippen LogP contribution in [0.5, 0.6) is 0 Å². The van der Waals surface area contributed by atoms with E-state index in [0.29, 0.717) is 31.8 Å². The Labute approximate surface area is 298 Å². The second-order valence-corrected chi connectivity index (χ2v) is 23.3. The molecule has 0 aliphatic carbocycles. The summed E-state index contributed by atoms with van der Waals surface area (Å²) in [6.07, 6.45) is -6.94. The predicted molar refractivity (Wildman–Crippen MR) is 209 cm³/mol. The molecular formula is C42H36F4O2P2Se. The summed E-state index contributed by atoms with van der Waals surface area (Å²) >= 11 is -6.42. The van der Waals surface area contributed by atoms with Gasteiger partial charge in [-0.2, -0.15) is 0 Å². The SMILES string of the molecule is O=[Se](=O)(C(C=P(c1ccccc1)(c1ccccc1)c1ccccc1)C(F)F)C(C=P(c1ccccc1)(c1ccccc1)c1ccccc1)C(F)F. The topological polar surface area (TPSA) is 34.1 Å². The minimum absolute atomic E-state index is 0.637. The summed E-state index contributed by atoms with van der Waals surface area (Å²) in [5, 5.41) is 3.82. The van der Waals surface area contributed by atoms with Crippen LogP contribution in [0.3, 0.4) is 0 Å².